The highest BCUT2D eigenvalue weighted by molar-refractivity contribution is 5.40. The molecule has 94 valence electrons. The zero-order valence-corrected chi connectivity index (χ0v) is 10.8. The van der Waals surface area contributed by atoms with Crippen molar-refractivity contribution in [1.29, 1.82) is 0 Å². The molecule has 0 aliphatic heterocycles. The van der Waals surface area contributed by atoms with Crippen molar-refractivity contribution in [2.24, 2.45) is 0 Å². The van der Waals surface area contributed by atoms with E-state index in [1.54, 1.807) is 13.2 Å². The van der Waals surface area contributed by atoms with Crippen LogP contribution in [-0.4, -0.2) is 24.4 Å². The summed E-state index contributed by atoms with van der Waals surface area (Å²) in [6, 6.07) is 6.05. The minimum absolute atomic E-state index is 0.139. The molecule has 0 spiro atoms. The van der Waals surface area contributed by atoms with Crippen LogP contribution in [0.25, 0.3) is 0 Å². The predicted molar refractivity (Wildman–Crippen MR) is 68.3 cm³/mol. The molecule has 0 aromatic heterocycles. The van der Waals surface area contributed by atoms with Crippen LogP contribution in [0.15, 0.2) is 18.2 Å². The van der Waals surface area contributed by atoms with E-state index in [2.05, 4.69) is 19.2 Å². The molecular formula is C14H21NO2. The Kier molecular flexibility index (Phi) is 3.40. The van der Waals surface area contributed by atoms with Crippen LogP contribution in [-0.2, 0) is 11.2 Å². The van der Waals surface area contributed by atoms with Gasteiger partial charge in [0.1, 0.15) is 5.75 Å². The van der Waals surface area contributed by atoms with Crippen LogP contribution >= 0.6 is 0 Å². The summed E-state index contributed by atoms with van der Waals surface area (Å²) >= 11 is 0. The first kappa shape index (κ1) is 12.4. The third-order valence-corrected chi connectivity index (χ3v) is 3.53. The van der Waals surface area contributed by atoms with Gasteiger partial charge in [0.05, 0.1) is 5.60 Å². The van der Waals surface area contributed by atoms with Crippen LogP contribution < -0.4 is 5.32 Å². The van der Waals surface area contributed by atoms with Crippen molar-refractivity contribution >= 4 is 0 Å². The molecule has 1 atom stereocenters. The van der Waals surface area contributed by atoms with Gasteiger partial charge in [0.2, 0.25) is 0 Å². The Hall–Kier alpha value is -1.06. The highest BCUT2D eigenvalue weighted by Gasteiger charge is 2.25. The zero-order valence-electron chi connectivity index (χ0n) is 10.8. The van der Waals surface area contributed by atoms with Gasteiger partial charge in [-0.05, 0) is 49.9 Å². The number of nitrogens with one attached hydrogen (secondary N) is 1. The van der Waals surface area contributed by atoms with Gasteiger partial charge in [0.25, 0.3) is 0 Å². The molecule has 0 fully saturated rings. The highest BCUT2D eigenvalue weighted by Crippen LogP contribution is 2.33. The van der Waals surface area contributed by atoms with Gasteiger partial charge in [-0.3, -0.25) is 0 Å². The van der Waals surface area contributed by atoms with Crippen molar-refractivity contribution in [3.05, 3.63) is 29.3 Å². The standard InChI is InChI=1S/C14H21NO2/c1-14(2,17-3)9-15-13-7-4-10-8-11(16)5-6-12(10)13/h5-6,8,13,15-16H,4,7,9H2,1-3H3. The van der Waals surface area contributed by atoms with Gasteiger partial charge >= 0.3 is 0 Å². The van der Waals surface area contributed by atoms with E-state index in [1.165, 1.54) is 11.1 Å². The molecule has 0 saturated carbocycles. The first-order valence-corrected chi connectivity index (χ1v) is 6.12. The van der Waals surface area contributed by atoms with Gasteiger partial charge in [-0.25, -0.2) is 0 Å². The zero-order chi connectivity index (χ0) is 12.5. The van der Waals surface area contributed by atoms with E-state index < -0.39 is 0 Å². The molecule has 0 radical (unpaired) electrons. The summed E-state index contributed by atoms with van der Waals surface area (Å²) < 4.78 is 5.40. The smallest absolute Gasteiger partial charge is 0.115 e. The summed E-state index contributed by atoms with van der Waals surface area (Å²) in [5, 5.41) is 13.0. The summed E-state index contributed by atoms with van der Waals surface area (Å²) in [6.45, 7) is 4.98. The molecule has 17 heavy (non-hydrogen) atoms. The van der Waals surface area contributed by atoms with Gasteiger partial charge < -0.3 is 15.2 Å². The number of hydrogen-bond donors (Lipinski definition) is 2. The van der Waals surface area contributed by atoms with Gasteiger partial charge in [-0.1, -0.05) is 6.07 Å². The number of hydrogen-bond acceptors (Lipinski definition) is 3. The molecule has 2 N–H and O–H groups in total. The van der Waals surface area contributed by atoms with Crippen molar-refractivity contribution < 1.29 is 9.84 Å². The summed E-state index contributed by atoms with van der Waals surface area (Å²) in [5.41, 5.74) is 2.44. The van der Waals surface area contributed by atoms with Crippen LogP contribution in [0.1, 0.15) is 37.4 Å². The predicted octanol–water partition coefficient (Wildman–Crippen LogP) is 2.39. The van der Waals surface area contributed by atoms with E-state index >= 15 is 0 Å². The lowest BCUT2D eigenvalue weighted by molar-refractivity contribution is 0.0210. The Bertz CT molecular complexity index is 401. The highest BCUT2D eigenvalue weighted by atomic mass is 16.5. The van der Waals surface area contributed by atoms with Crippen LogP contribution in [0, 0.1) is 0 Å². The molecule has 0 heterocycles. The fourth-order valence-corrected chi connectivity index (χ4v) is 2.26. The molecule has 0 amide bonds. The minimum atomic E-state index is -0.139. The molecule has 2 rings (SSSR count). The minimum Gasteiger partial charge on any atom is -0.508 e. The van der Waals surface area contributed by atoms with E-state index in [0.29, 0.717) is 11.8 Å². The van der Waals surface area contributed by atoms with Crippen LogP contribution in [0.2, 0.25) is 0 Å². The maximum atomic E-state index is 9.44. The largest absolute Gasteiger partial charge is 0.508 e. The van der Waals surface area contributed by atoms with Gasteiger partial charge in [-0.2, -0.15) is 0 Å². The maximum absolute atomic E-state index is 9.44. The Labute approximate surface area is 103 Å². The molecule has 0 bridgehead atoms. The van der Waals surface area contributed by atoms with Crippen molar-refractivity contribution in [1.82, 2.24) is 5.32 Å². The second-order valence-electron chi connectivity index (χ2n) is 5.32. The normalized spacial score (nSPS) is 19.4. The average Bonchev–Trinajstić information content (AvgIpc) is 2.69. The second-order valence-corrected chi connectivity index (χ2v) is 5.32. The quantitative estimate of drug-likeness (QED) is 0.842. The van der Waals surface area contributed by atoms with Crippen molar-refractivity contribution in [3.63, 3.8) is 0 Å². The van der Waals surface area contributed by atoms with Crippen LogP contribution in [0.5, 0.6) is 5.75 Å². The summed E-state index contributed by atoms with van der Waals surface area (Å²) in [4.78, 5) is 0. The molecule has 1 aliphatic rings. The Morgan fingerprint density at radius 2 is 2.24 bits per heavy atom. The fraction of sp³-hybridized carbons (Fsp3) is 0.571. The van der Waals surface area contributed by atoms with E-state index in [4.69, 9.17) is 4.74 Å². The molecule has 1 aromatic rings. The summed E-state index contributed by atoms with van der Waals surface area (Å²) in [5.74, 6) is 0.363. The second kappa shape index (κ2) is 4.67. The van der Waals surface area contributed by atoms with Crippen molar-refractivity contribution in [2.75, 3.05) is 13.7 Å². The number of phenols is 1. The lowest BCUT2D eigenvalue weighted by atomic mass is 10.1. The lowest BCUT2D eigenvalue weighted by Crippen LogP contribution is -2.38. The molecule has 3 nitrogen and oxygen atoms in total. The van der Waals surface area contributed by atoms with E-state index in [9.17, 15) is 5.11 Å². The molecular weight excluding hydrogens is 214 g/mol. The van der Waals surface area contributed by atoms with Crippen molar-refractivity contribution in [2.45, 2.75) is 38.3 Å². The number of ether oxygens (including phenoxy) is 1. The molecule has 3 heteroatoms. The van der Waals surface area contributed by atoms with E-state index in [0.717, 1.165) is 19.4 Å². The van der Waals surface area contributed by atoms with Gasteiger partial charge in [0, 0.05) is 19.7 Å². The first-order valence-electron chi connectivity index (χ1n) is 6.12. The van der Waals surface area contributed by atoms with Crippen LogP contribution in [0.3, 0.4) is 0 Å². The maximum Gasteiger partial charge on any atom is 0.115 e. The summed E-state index contributed by atoms with van der Waals surface area (Å²) in [7, 11) is 1.74. The van der Waals surface area contributed by atoms with E-state index in [1.807, 2.05) is 12.1 Å². The number of phenolic OH excluding ortho intramolecular Hbond substituents is 1. The Morgan fingerprint density at radius 1 is 1.47 bits per heavy atom. The number of benzene rings is 1. The average molecular weight is 235 g/mol. The number of rotatable bonds is 4. The molecule has 1 aliphatic carbocycles. The SMILES string of the molecule is COC(C)(C)CNC1CCc2cc(O)ccc21. The number of methoxy groups -OCH3 is 1. The number of fused-ring (bicyclic) bond motifs is 1. The van der Waals surface area contributed by atoms with Gasteiger partial charge in [-0.15, -0.1) is 0 Å². The molecule has 0 saturated heterocycles. The number of aryl methyl sites for hydroxylation is 1. The molecule has 1 aromatic carbocycles. The lowest BCUT2D eigenvalue weighted by Gasteiger charge is -2.26. The third kappa shape index (κ3) is 2.79. The molecule has 1 unspecified atom stereocenters. The first-order chi connectivity index (χ1) is 8.02. The van der Waals surface area contributed by atoms with E-state index in [-0.39, 0.29) is 5.60 Å². The Balaban J connectivity index is 2.03. The van der Waals surface area contributed by atoms with Crippen molar-refractivity contribution in [3.8, 4) is 5.75 Å². The van der Waals surface area contributed by atoms with Crippen LogP contribution in [0.4, 0.5) is 0 Å². The summed E-state index contributed by atoms with van der Waals surface area (Å²) in [6.07, 6.45) is 2.13. The Morgan fingerprint density at radius 3 is 2.94 bits per heavy atom. The topological polar surface area (TPSA) is 41.5 Å². The third-order valence-electron chi connectivity index (χ3n) is 3.53. The number of aromatic hydroxyl groups is 1. The monoisotopic (exact) mass is 235 g/mol. The van der Waals surface area contributed by atoms with Gasteiger partial charge in [0.15, 0.2) is 0 Å². The fourth-order valence-electron chi connectivity index (χ4n) is 2.26.